The summed E-state index contributed by atoms with van der Waals surface area (Å²) in [6.45, 7) is 15.8. The Bertz CT molecular complexity index is 900. The summed E-state index contributed by atoms with van der Waals surface area (Å²) in [6, 6.07) is 14.8. The number of rotatable bonds is 6. The molecule has 0 aliphatic carbocycles. The van der Waals surface area contributed by atoms with E-state index >= 15 is 0 Å². The summed E-state index contributed by atoms with van der Waals surface area (Å²) in [5.74, 6) is -0.855. The van der Waals surface area contributed by atoms with Crippen LogP contribution in [0.2, 0.25) is 0 Å². The molecular formula is C28H40O6. The summed E-state index contributed by atoms with van der Waals surface area (Å²) < 4.78 is 10.7. The average molecular weight is 473 g/mol. The highest BCUT2D eigenvalue weighted by Crippen LogP contribution is 2.23. The smallest absolute Gasteiger partial charge is 0.338 e. The van der Waals surface area contributed by atoms with Gasteiger partial charge in [-0.1, -0.05) is 65.8 Å². The monoisotopic (exact) mass is 472 g/mol. The van der Waals surface area contributed by atoms with Gasteiger partial charge in [-0.3, -0.25) is 0 Å². The predicted molar refractivity (Wildman–Crippen MR) is 134 cm³/mol. The van der Waals surface area contributed by atoms with Gasteiger partial charge in [0.25, 0.3) is 0 Å². The van der Waals surface area contributed by atoms with Gasteiger partial charge >= 0.3 is 11.9 Å². The Kier molecular flexibility index (Phi) is 10.9. The maximum Gasteiger partial charge on any atom is 0.338 e. The number of aliphatic hydroxyl groups is 2. The molecule has 0 aromatic heterocycles. The SMILES string of the molecule is CC(COC(=O)c1ccc(C(C)(C)C)cc1)OC(=O)c1ccc(C(C)(C)C)cc1.CC(O)CO. The first-order chi connectivity index (χ1) is 15.6. The molecule has 2 rings (SSSR count). The van der Waals surface area contributed by atoms with Gasteiger partial charge in [0.05, 0.1) is 23.8 Å². The molecule has 0 fully saturated rings. The van der Waals surface area contributed by atoms with Crippen LogP contribution in [0.15, 0.2) is 48.5 Å². The number of hydrogen-bond donors (Lipinski definition) is 2. The number of carbonyl (C=O) groups excluding carboxylic acids is 2. The van der Waals surface area contributed by atoms with Crippen LogP contribution in [0.3, 0.4) is 0 Å². The average Bonchev–Trinajstić information content (AvgIpc) is 2.76. The van der Waals surface area contributed by atoms with Gasteiger partial charge in [0.1, 0.15) is 12.7 Å². The van der Waals surface area contributed by atoms with E-state index in [1.165, 1.54) is 6.92 Å². The Morgan fingerprint density at radius 1 is 0.765 bits per heavy atom. The highest BCUT2D eigenvalue weighted by molar-refractivity contribution is 5.90. The lowest BCUT2D eigenvalue weighted by Crippen LogP contribution is -2.22. The molecular weight excluding hydrogens is 432 g/mol. The second kappa shape index (κ2) is 12.7. The number of carbonyl (C=O) groups is 2. The molecule has 2 unspecified atom stereocenters. The first kappa shape index (κ1) is 29.3. The predicted octanol–water partition coefficient (Wildman–Crippen LogP) is 5.04. The highest BCUT2D eigenvalue weighted by Gasteiger charge is 2.18. The van der Waals surface area contributed by atoms with E-state index in [1.807, 2.05) is 24.3 Å². The minimum atomic E-state index is -0.560. The number of esters is 2. The topological polar surface area (TPSA) is 93.1 Å². The third kappa shape index (κ3) is 10.1. The van der Waals surface area contributed by atoms with E-state index in [0.29, 0.717) is 11.1 Å². The molecule has 188 valence electrons. The molecule has 0 saturated heterocycles. The third-order valence-electron chi connectivity index (χ3n) is 4.99. The zero-order valence-electron chi connectivity index (χ0n) is 21.7. The Hall–Kier alpha value is -2.70. The Labute approximate surface area is 203 Å². The fraction of sp³-hybridized carbons (Fsp3) is 0.500. The molecule has 0 spiro atoms. The highest BCUT2D eigenvalue weighted by atomic mass is 16.6. The van der Waals surface area contributed by atoms with Gasteiger partial charge in [-0.05, 0) is 60.1 Å². The molecule has 6 heteroatoms. The van der Waals surface area contributed by atoms with Crippen LogP contribution in [-0.2, 0) is 20.3 Å². The molecule has 0 radical (unpaired) electrons. The van der Waals surface area contributed by atoms with Crippen LogP contribution in [0, 0.1) is 0 Å². The summed E-state index contributed by atoms with van der Waals surface area (Å²) >= 11 is 0. The van der Waals surface area contributed by atoms with Crippen LogP contribution in [0.25, 0.3) is 0 Å². The molecule has 34 heavy (non-hydrogen) atoms. The fourth-order valence-electron chi connectivity index (χ4n) is 2.77. The van der Waals surface area contributed by atoms with E-state index in [1.54, 1.807) is 31.2 Å². The van der Waals surface area contributed by atoms with Crippen LogP contribution in [0.5, 0.6) is 0 Å². The van der Waals surface area contributed by atoms with E-state index in [2.05, 4.69) is 41.5 Å². The van der Waals surface area contributed by atoms with Crippen molar-refractivity contribution < 1.29 is 29.3 Å². The zero-order valence-corrected chi connectivity index (χ0v) is 21.7. The van der Waals surface area contributed by atoms with E-state index in [9.17, 15) is 9.59 Å². The normalized spacial score (nSPS) is 13.2. The van der Waals surface area contributed by atoms with Crippen molar-refractivity contribution in [1.82, 2.24) is 0 Å². The van der Waals surface area contributed by atoms with Crippen molar-refractivity contribution >= 4 is 11.9 Å². The van der Waals surface area contributed by atoms with Gasteiger partial charge in [-0.25, -0.2) is 9.59 Å². The Morgan fingerprint density at radius 3 is 1.44 bits per heavy atom. The molecule has 2 N–H and O–H groups in total. The van der Waals surface area contributed by atoms with Gasteiger partial charge in [-0.2, -0.15) is 0 Å². The maximum absolute atomic E-state index is 12.3. The Balaban J connectivity index is 0.00000104. The summed E-state index contributed by atoms with van der Waals surface area (Å²) in [4.78, 5) is 24.5. The lowest BCUT2D eigenvalue weighted by molar-refractivity contribution is 0.00447. The van der Waals surface area contributed by atoms with Gasteiger partial charge in [-0.15, -0.1) is 0 Å². The molecule has 0 bridgehead atoms. The van der Waals surface area contributed by atoms with E-state index in [4.69, 9.17) is 19.7 Å². The largest absolute Gasteiger partial charge is 0.458 e. The molecule has 0 aliphatic heterocycles. The lowest BCUT2D eigenvalue weighted by Gasteiger charge is -2.19. The summed E-state index contributed by atoms with van der Waals surface area (Å²) in [6.07, 6.45) is -1.10. The van der Waals surface area contributed by atoms with Crippen LogP contribution in [-0.4, -0.2) is 47.6 Å². The molecule has 0 heterocycles. The maximum atomic E-state index is 12.3. The number of hydrogen-bond acceptors (Lipinski definition) is 6. The molecule has 2 aromatic carbocycles. The van der Waals surface area contributed by atoms with Crippen molar-refractivity contribution in [2.45, 2.75) is 78.4 Å². The molecule has 0 amide bonds. The zero-order chi connectivity index (χ0) is 26.1. The van der Waals surface area contributed by atoms with Crippen molar-refractivity contribution in [3.05, 3.63) is 70.8 Å². The van der Waals surface area contributed by atoms with Gasteiger partial charge in [0.2, 0.25) is 0 Å². The van der Waals surface area contributed by atoms with E-state index < -0.39 is 24.1 Å². The van der Waals surface area contributed by atoms with E-state index in [-0.39, 0.29) is 24.0 Å². The van der Waals surface area contributed by atoms with Crippen LogP contribution in [0.4, 0.5) is 0 Å². The van der Waals surface area contributed by atoms with E-state index in [0.717, 1.165) is 11.1 Å². The third-order valence-corrected chi connectivity index (χ3v) is 4.99. The summed E-state index contributed by atoms with van der Waals surface area (Å²) in [5.41, 5.74) is 3.30. The van der Waals surface area contributed by atoms with Crippen LogP contribution in [0.1, 0.15) is 87.2 Å². The second-order valence-corrected chi connectivity index (χ2v) is 10.5. The van der Waals surface area contributed by atoms with Gasteiger partial charge < -0.3 is 19.7 Å². The van der Waals surface area contributed by atoms with Crippen LogP contribution < -0.4 is 0 Å². The van der Waals surface area contributed by atoms with Crippen molar-refractivity contribution in [3.63, 3.8) is 0 Å². The first-order valence-corrected chi connectivity index (χ1v) is 11.5. The number of aliphatic hydroxyl groups excluding tert-OH is 2. The fourth-order valence-corrected chi connectivity index (χ4v) is 2.77. The molecule has 0 saturated carbocycles. The van der Waals surface area contributed by atoms with Crippen molar-refractivity contribution in [1.29, 1.82) is 0 Å². The van der Waals surface area contributed by atoms with Crippen molar-refractivity contribution in [2.75, 3.05) is 13.2 Å². The van der Waals surface area contributed by atoms with Gasteiger partial charge in [0, 0.05) is 0 Å². The first-order valence-electron chi connectivity index (χ1n) is 11.5. The minimum Gasteiger partial charge on any atom is -0.458 e. The van der Waals surface area contributed by atoms with Gasteiger partial charge in [0.15, 0.2) is 0 Å². The molecule has 6 nitrogen and oxygen atoms in total. The number of benzene rings is 2. The molecule has 0 aliphatic rings. The Morgan fingerprint density at radius 2 is 1.12 bits per heavy atom. The second-order valence-electron chi connectivity index (χ2n) is 10.5. The minimum absolute atomic E-state index is 0.00563. The summed E-state index contributed by atoms with van der Waals surface area (Å²) in [5, 5.41) is 16.0. The van der Waals surface area contributed by atoms with Crippen molar-refractivity contribution in [2.24, 2.45) is 0 Å². The standard InChI is InChI=1S/C25H32O4.C3H8O2/c1-17(29-23(27)19-10-14-21(15-11-19)25(5,6)7)16-28-22(26)18-8-12-20(13-9-18)24(2,3)4;1-3(5)2-4/h8-15,17H,16H2,1-7H3;3-5H,2H2,1H3. The number of ether oxygens (including phenoxy) is 2. The quantitative estimate of drug-likeness (QED) is 0.572. The van der Waals surface area contributed by atoms with Crippen LogP contribution >= 0.6 is 0 Å². The lowest BCUT2D eigenvalue weighted by atomic mass is 9.87. The van der Waals surface area contributed by atoms with Crippen molar-refractivity contribution in [3.8, 4) is 0 Å². The molecule has 2 atom stereocenters. The summed E-state index contributed by atoms with van der Waals surface area (Å²) in [7, 11) is 0. The molecule has 2 aromatic rings.